The van der Waals surface area contributed by atoms with Crippen molar-refractivity contribution in [3.63, 3.8) is 0 Å². The van der Waals surface area contributed by atoms with Gasteiger partial charge in [-0.05, 0) is 76.5 Å². The van der Waals surface area contributed by atoms with Gasteiger partial charge in [-0.1, -0.05) is 55.4 Å². The molecular weight excluding hydrogens is 853 g/mol. The van der Waals surface area contributed by atoms with Gasteiger partial charge in [0.2, 0.25) is 53.2 Å². The molecular formula is C42H74N10O13. The Morgan fingerprint density at radius 2 is 0.708 bits per heavy atom. The number of carbonyl (C=O) groups is 11. The van der Waals surface area contributed by atoms with E-state index in [0.29, 0.717) is 6.42 Å². The Labute approximate surface area is 380 Å². The third-order valence-corrected chi connectivity index (χ3v) is 9.64. The molecule has 0 rings (SSSR count). The van der Waals surface area contributed by atoms with Crippen LogP contribution < -0.4 is 54.0 Å². The van der Waals surface area contributed by atoms with E-state index in [1.165, 1.54) is 20.8 Å². The van der Waals surface area contributed by atoms with Gasteiger partial charge in [-0.25, -0.2) is 4.79 Å². The van der Waals surface area contributed by atoms with Gasteiger partial charge in [-0.15, -0.1) is 0 Å². The van der Waals surface area contributed by atoms with Crippen molar-refractivity contribution in [1.29, 1.82) is 0 Å². The van der Waals surface area contributed by atoms with E-state index >= 15 is 0 Å². The number of carboxylic acid groups (broad SMARTS) is 2. The van der Waals surface area contributed by atoms with Crippen molar-refractivity contribution < 1.29 is 63.0 Å². The molecule has 0 aliphatic rings. The van der Waals surface area contributed by atoms with E-state index in [-0.39, 0.29) is 49.4 Å². The summed E-state index contributed by atoms with van der Waals surface area (Å²) in [5.41, 5.74) is 11.2. The maximum absolute atomic E-state index is 13.5. The fraction of sp³-hybridized carbons (Fsp3) is 0.738. The van der Waals surface area contributed by atoms with Gasteiger partial charge in [-0.2, -0.15) is 0 Å². The number of aliphatic carboxylic acids is 2. The molecule has 23 heteroatoms. The molecule has 0 radical (unpaired) electrons. The first-order valence-corrected chi connectivity index (χ1v) is 21.9. The number of carboxylic acids is 2. The average Bonchev–Trinajstić information content (AvgIpc) is 3.16. The maximum atomic E-state index is 13.5. The molecule has 0 bridgehead atoms. The molecule has 23 nitrogen and oxygen atoms in total. The number of hydrogen-bond donors (Lipinski definition) is 12. The molecule has 0 aromatic rings. The van der Waals surface area contributed by atoms with Crippen LogP contribution in [0.15, 0.2) is 0 Å². The zero-order valence-corrected chi connectivity index (χ0v) is 39.5. The number of carbonyl (C=O) groups excluding carboxylic acids is 9. The first-order chi connectivity index (χ1) is 29.9. The molecule has 65 heavy (non-hydrogen) atoms. The summed E-state index contributed by atoms with van der Waals surface area (Å²) in [6, 6.07) is -11.6. The number of primary amides is 1. The Balaban J connectivity index is 5.95. The fourth-order valence-corrected chi connectivity index (χ4v) is 6.24. The van der Waals surface area contributed by atoms with Gasteiger partial charge in [0, 0.05) is 6.42 Å². The molecule has 0 aromatic heterocycles. The third kappa shape index (κ3) is 24.1. The minimum absolute atomic E-state index is 0.0350. The number of nitrogens with one attached hydrogen (secondary N) is 8. The van der Waals surface area contributed by atoms with Crippen molar-refractivity contribution in [2.45, 2.75) is 175 Å². The lowest BCUT2D eigenvalue weighted by molar-refractivity contribution is -0.143. The Hall–Kier alpha value is -5.87. The zero-order chi connectivity index (χ0) is 50.5. The lowest BCUT2D eigenvalue weighted by atomic mass is 10.0. The SMILES string of the molecule is CC(C)C[C@H](NC(=O)[C@H](CC(N)=O)NC(=O)[C@H](CC(C)C)NC(=O)[C@H](C)NC(=O)[C@H](C)NC(=O)[C@H](CC(C)C)NC(=O)[C@H](CCC(=O)O)NC(=O)[C@H](C)NC(=O)[C@@H](N)CC(C)C)C(=O)O. The number of hydrogen-bond acceptors (Lipinski definition) is 12. The van der Waals surface area contributed by atoms with Crippen LogP contribution in [0, 0.1) is 23.7 Å². The highest BCUT2D eigenvalue weighted by Crippen LogP contribution is 2.11. The summed E-state index contributed by atoms with van der Waals surface area (Å²) < 4.78 is 0. The predicted molar refractivity (Wildman–Crippen MR) is 237 cm³/mol. The Kier molecular flexibility index (Phi) is 26.2. The number of rotatable bonds is 30. The molecule has 0 unspecified atom stereocenters. The fourth-order valence-electron chi connectivity index (χ4n) is 6.24. The zero-order valence-electron chi connectivity index (χ0n) is 39.5. The molecule has 0 aromatic carbocycles. The summed E-state index contributed by atoms with van der Waals surface area (Å²) in [4.78, 5) is 141. The molecule has 0 saturated heterocycles. The topological polar surface area (TPSA) is 377 Å². The van der Waals surface area contributed by atoms with Crippen molar-refractivity contribution >= 4 is 65.1 Å². The number of nitrogens with two attached hydrogens (primary N) is 2. The van der Waals surface area contributed by atoms with Crippen LogP contribution in [0.5, 0.6) is 0 Å². The molecule has 0 saturated carbocycles. The van der Waals surface area contributed by atoms with Crippen LogP contribution in [0.2, 0.25) is 0 Å². The van der Waals surface area contributed by atoms with E-state index in [2.05, 4.69) is 42.5 Å². The Morgan fingerprint density at radius 1 is 0.400 bits per heavy atom. The second kappa shape index (κ2) is 28.8. The summed E-state index contributed by atoms with van der Waals surface area (Å²) in [5.74, 6) is -10.7. The molecule has 9 atom stereocenters. The van der Waals surface area contributed by atoms with Gasteiger partial charge in [0.05, 0.1) is 12.5 Å². The van der Waals surface area contributed by atoms with Crippen LogP contribution in [-0.2, 0) is 52.7 Å². The van der Waals surface area contributed by atoms with Crippen LogP contribution in [-0.4, -0.2) is 130 Å². The van der Waals surface area contributed by atoms with Gasteiger partial charge in [0.1, 0.15) is 48.3 Å². The molecule has 0 aliphatic carbocycles. The molecule has 9 amide bonds. The quantitative estimate of drug-likeness (QED) is 0.0381. The molecule has 0 heterocycles. The minimum Gasteiger partial charge on any atom is -0.481 e. The number of amides is 9. The normalized spacial score (nSPS) is 15.4. The van der Waals surface area contributed by atoms with Crippen LogP contribution >= 0.6 is 0 Å². The smallest absolute Gasteiger partial charge is 0.326 e. The molecule has 14 N–H and O–H groups in total. The van der Waals surface area contributed by atoms with Crippen LogP contribution in [0.3, 0.4) is 0 Å². The van der Waals surface area contributed by atoms with E-state index in [1.54, 1.807) is 41.5 Å². The van der Waals surface area contributed by atoms with E-state index in [9.17, 15) is 63.0 Å². The molecule has 0 spiro atoms. The van der Waals surface area contributed by atoms with Gasteiger partial charge < -0.3 is 64.2 Å². The summed E-state index contributed by atoms with van der Waals surface area (Å²) in [6.45, 7) is 18.2. The lowest BCUT2D eigenvalue weighted by Gasteiger charge is -2.27. The minimum atomic E-state index is -1.58. The lowest BCUT2D eigenvalue weighted by Crippen LogP contribution is -2.60. The largest absolute Gasteiger partial charge is 0.481 e. The monoisotopic (exact) mass is 927 g/mol. The van der Waals surface area contributed by atoms with Crippen molar-refractivity contribution in [2.75, 3.05) is 0 Å². The van der Waals surface area contributed by atoms with Gasteiger partial charge >= 0.3 is 11.9 Å². The van der Waals surface area contributed by atoms with Crippen molar-refractivity contribution in [1.82, 2.24) is 42.5 Å². The predicted octanol–water partition coefficient (Wildman–Crippen LogP) is -1.74. The van der Waals surface area contributed by atoms with Crippen molar-refractivity contribution in [2.24, 2.45) is 35.1 Å². The molecule has 370 valence electrons. The van der Waals surface area contributed by atoms with Crippen LogP contribution in [0.4, 0.5) is 0 Å². The highest BCUT2D eigenvalue weighted by atomic mass is 16.4. The highest BCUT2D eigenvalue weighted by molar-refractivity contribution is 5.98. The maximum Gasteiger partial charge on any atom is 0.326 e. The first-order valence-electron chi connectivity index (χ1n) is 21.9. The van der Waals surface area contributed by atoms with Crippen LogP contribution in [0.25, 0.3) is 0 Å². The molecule has 0 fully saturated rings. The summed E-state index contributed by atoms with van der Waals surface area (Å²) in [6.07, 6.45) is -1.10. The summed E-state index contributed by atoms with van der Waals surface area (Å²) >= 11 is 0. The van der Waals surface area contributed by atoms with E-state index < -0.39 is 132 Å². The molecule has 0 aliphatic heterocycles. The third-order valence-electron chi connectivity index (χ3n) is 9.64. The Bertz CT molecular complexity index is 1690. The van der Waals surface area contributed by atoms with E-state index in [4.69, 9.17) is 11.5 Å². The first kappa shape index (κ1) is 59.1. The summed E-state index contributed by atoms with van der Waals surface area (Å²) in [5, 5.41) is 38.4. The summed E-state index contributed by atoms with van der Waals surface area (Å²) in [7, 11) is 0. The van der Waals surface area contributed by atoms with Gasteiger partial charge in [-0.3, -0.25) is 47.9 Å². The second-order valence-electron chi connectivity index (χ2n) is 18.1. The average molecular weight is 927 g/mol. The van der Waals surface area contributed by atoms with Gasteiger partial charge in [0.15, 0.2) is 0 Å². The van der Waals surface area contributed by atoms with Crippen molar-refractivity contribution in [3.8, 4) is 0 Å². The highest BCUT2D eigenvalue weighted by Gasteiger charge is 2.34. The van der Waals surface area contributed by atoms with Crippen molar-refractivity contribution in [3.05, 3.63) is 0 Å². The van der Waals surface area contributed by atoms with Gasteiger partial charge in [0.25, 0.3) is 0 Å². The standard InChI is InChI=1S/C42H74N10O13/c1-19(2)14-26(43)37(59)46-25(11)35(57)48-27(12-13-33(54)55)38(60)50-28(15-20(3)4)39(61)47-23(9)34(56)45-24(10)36(58)49-29(16-21(5)6)40(62)51-30(18-32(44)53)41(63)52-31(42(64)65)17-22(7)8/h19-31H,12-18,43H2,1-11H3,(H2,44,53)(H,45,56)(H,46,59)(H,47,61)(H,48,57)(H,49,58)(H,50,60)(H,51,62)(H,52,63)(H,54,55)(H,64,65)/t23-,24-,25-,26-,27-,28-,29-,30-,31-/m0/s1. The second-order valence-corrected chi connectivity index (χ2v) is 18.1. The van der Waals surface area contributed by atoms with E-state index in [0.717, 1.165) is 0 Å². The van der Waals surface area contributed by atoms with E-state index in [1.807, 2.05) is 13.8 Å². The van der Waals surface area contributed by atoms with Crippen LogP contribution in [0.1, 0.15) is 121 Å². The Morgan fingerprint density at radius 3 is 1.12 bits per heavy atom.